The first-order valence-corrected chi connectivity index (χ1v) is 9.93. The van der Waals surface area contributed by atoms with E-state index in [4.69, 9.17) is 10.5 Å². The highest BCUT2D eigenvalue weighted by molar-refractivity contribution is 7.18. The van der Waals surface area contributed by atoms with E-state index in [1.54, 1.807) is 35.6 Å². The SMILES string of the molecule is COc1ccc(NC(=O)Nc2ccc3nc(C)sc3c2)c(C(=O)NCCCN)c1. The van der Waals surface area contributed by atoms with E-state index < -0.39 is 6.03 Å². The summed E-state index contributed by atoms with van der Waals surface area (Å²) in [6.45, 7) is 2.87. The molecular weight excluding hydrogens is 390 g/mol. The summed E-state index contributed by atoms with van der Waals surface area (Å²) in [6, 6.07) is 9.96. The minimum Gasteiger partial charge on any atom is -0.497 e. The Morgan fingerprint density at radius 1 is 1.17 bits per heavy atom. The van der Waals surface area contributed by atoms with E-state index in [1.807, 2.05) is 19.1 Å². The van der Waals surface area contributed by atoms with Crippen LogP contribution in [0.2, 0.25) is 0 Å². The molecule has 3 rings (SSSR count). The lowest BCUT2D eigenvalue weighted by Crippen LogP contribution is -2.28. The second-order valence-electron chi connectivity index (χ2n) is 6.30. The second kappa shape index (κ2) is 9.35. The van der Waals surface area contributed by atoms with Crippen LogP contribution in [0.1, 0.15) is 21.8 Å². The molecular formula is C20H23N5O3S. The van der Waals surface area contributed by atoms with Crippen LogP contribution in [0.5, 0.6) is 5.75 Å². The van der Waals surface area contributed by atoms with Crippen molar-refractivity contribution in [2.75, 3.05) is 30.8 Å². The third-order valence-corrected chi connectivity index (χ3v) is 5.07. The summed E-state index contributed by atoms with van der Waals surface area (Å²) < 4.78 is 6.19. The van der Waals surface area contributed by atoms with Crippen LogP contribution in [0, 0.1) is 6.92 Å². The largest absolute Gasteiger partial charge is 0.497 e. The quantitative estimate of drug-likeness (QED) is 0.443. The number of ether oxygens (including phenoxy) is 1. The van der Waals surface area contributed by atoms with Gasteiger partial charge >= 0.3 is 6.03 Å². The van der Waals surface area contributed by atoms with Crippen LogP contribution in [0.15, 0.2) is 36.4 Å². The number of benzene rings is 2. The Bertz CT molecular complexity index is 1030. The van der Waals surface area contributed by atoms with Crippen molar-refractivity contribution >= 4 is 44.9 Å². The maximum atomic E-state index is 12.5. The number of hydrogen-bond donors (Lipinski definition) is 4. The summed E-state index contributed by atoms with van der Waals surface area (Å²) in [5.74, 6) is 0.208. The van der Waals surface area contributed by atoms with Crippen LogP contribution in [-0.4, -0.2) is 37.1 Å². The number of aromatic nitrogens is 1. The van der Waals surface area contributed by atoms with Crippen LogP contribution < -0.4 is 26.4 Å². The van der Waals surface area contributed by atoms with Crippen LogP contribution in [0.25, 0.3) is 10.2 Å². The van der Waals surface area contributed by atoms with Crippen molar-refractivity contribution in [2.24, 2.45) is 5.73 Å². The Morgan fingerprint density at radius 2 is 2.00 bits per heavy atom. The van der Waals surface area contributed by atoms with E-state index in [9.17, 15) is 9.59 Å². The topological polar surface area (TPSA) is 118 Å². The number of nitrogens with two attached hydrogens (primary N) is 1. The summed E-state index contributed by atoms with van der Waals surface area (Å²) in [7, 11) is 1.52. The third-order valence-electron chi connectivity index (χ3n) is 4.14. The molecule has 5 N–H and O–H groups in total. The number of aryl methyl sites for hydroxylation is 1. The molecule has 0 spiro atoms. The predicted octanol–water partition coefficient (Wildman–Crippen LogP) is 3.34. The number of fused-ring (bicyclic) bond motifs is 1. The molecule has 1 aromatic heterocycles. The van der Waals surface area contributed by atoms with Gasteiger partial charge < -0.3 is 26.4 Å². The summed E-state index contributed by atoms with van der Waals surface area (Å²) in [6.07, 6.45) is 0.665. The number of thiazole rings is 1. The molecule has 0 saturated carbocycles. The summed E-state index contributed by atoms with van der Waals surface area (Å²) in [5, 5.41) is 9.27. The van der Waals surface area contributed by atoms with Gasteiger partial charge in [0.05, 0.1) is 33.6 Å². The number of methoxy groups -OCH3 is 1. The Labute approximate surface area is 172 Å². The minimum absolute atomic E-state index is 0.310. The van der Waals surface area contributed by atoms with Crippen molar-refractivity contribution < 1.29 is 14.3 Å². The van der Waals surface area contributed by atoms with E-state index >= 15 is 0 Å². The Hall–Kier alpha value is -3.17. The lowest BCUT2D eigenvalue weighted by Gasteiger charge is -2.13. The van der Waals surface area contributed by atoms with Gasteiger partial charge in [-0.3, -0.25) is 4.79 Å². The normalized spacial score (nSPS) is 10.6. The van der Waals surface area contributed by atoms with Gasteiger partial charge in [0.15, 0.2) is 0 Å². The Kier molecular flexibility index (Phi) is 6.63. The molecule has 0 aliphatic heterocycles. The number of carbonyl (C=O) groups excluding carboxylic acids is 2. The number of carbonyl (C=O) groups is 2. The summed E-state index contributed by atoms with van der Waals surface area (Å²) >= 11 is 1.56. The van der Waals surface area contributed by atoms with Gasteiger partial charge in [0.1, 0.15) is 5.75 Å². The number of nitrogens with zero attached hydrogens (tertiary/aromatic N) is 1. The highest BCUT2D eigenvalue weighted by atomic mass is 32.1. The molecule has 2 aromatic carbocycles. The van der Waals surface area contributed by atoms with Gasteiger partial charge in [-0.2, -0.15) is 0 Å². The number of anilines is 2. The van der Waals surface area contributed by atoms with E-state index in [2.05, 4.69) is 20.9 Å². The monoisotopic (exact) mass is 413 g/mol. The molecule has 0 fully saturated rings. The molecule has 9 heteroatoms. The number of hydrogen-bond acceptors (Lipinski definition) is 6. The maximum absolute atomic E-state index is 12.5. The molecule has 0 saturated heterocycles. The van der Waals surface area contributed by atoms with E-state index in [-0.39, 0.29) is 5.91 Å². The Balaban J connectivity index is 1.74. The molecule has 0 bridgehead atoms. The smallest absolute Gasteiger partial charge is 0.323 e. The van der Waals surface area contributed by atoms with Gasteiger partial charge in [0.2, 0.25) is 0 Å². The zero-order valence-electron chi connectivity index (χ0n) is 16.2. The van der Waals surface area contributed by atoms with Gasteiger partial charge in [-0.05, 0) is 56.3 Å². The van der Waals surface area contributed by atoms with Gasteiger partial charge in [0.25, 0.3) is 5.91 Å². The molecule has 29 heavy (non-hydrogen) atoms. The van der Waals surface area contributed by atoms with E-state index in [0.717, 1.165) is 15.2 Å². The molecule has 0 aliphatic carbocycles. The van der Waals surface area contributed by atoms with E-state index in [0.29, 0.717) is 42.2 Å². The van der Waals surface area contributed by atoms with Crippen molar-refractivity contribution in [2.45, 2.75) is 13.3 Å². The average molecular weight is 414 g/mol. The van der Waals surface area contributed by atoms with E-state index in [1.165, 1.54) is 7.11 Å². The first-order valence-electron chi connectivity index (χ1n) is 9.11. The molecule has 0 aliphatic rings. The molecule has 0 atom stereocenters. The van der Waals surface area contributed by atoms with Crippen LogP contribution in [0.3, 0.4) is 0 Å². The van der Waals surface area contributed by atoms with Crippen molar-refractivity contribution in [3.63, 3.8) is 0 Å². The molecule has 8 nitrogen and oxygen atoms in total. The van der Waals surface area contributed by atoms with Crippen molar-refractivity contribution in [3.05, 3.63) is 47.0 Å². The molecule has 0 radical (unpaired) electrons. The average Bonchev–Trinajstić information content (AvgIpc) is 3.07. The van der Waals surface area contributed by atoms with Crippen molar-refractivity contribution in [1.29, 1.82) is 0 Å². The summed E-state index contributed by atoms with van der Waals surface area (Å²) in [4.78, 5) is 29.4. The number of amides is 3. The fourth-order valence-corrected chi connectivity index (χ4v) is 3.62. The summed E-state index contributed by atoms with van der Waals surface area (Å²) in [5.41, 5.74) is 7.69. The fourth-order valence-electron chi connectivity index (χ4n) is 2.75. The second-order valence-corrected chi connectivity index (χ2v) is 7.54. The maximum Gasteiger partial charge on any atom is 0.323 e. The van der Waals surface area contributed by atoms with Crippen LogP contribution >= 0.6 is 11.3 Å². The lowest BCUT2D eigenvalue weighted by molar-refractivity contribution is 0.0954. The van der Waals surface area contributed by atoms with Crippen LogP contribution in [0.4, 0.5) is 16.2 Å². The third kappa shape index (κ3) is 5.21. The van der Waals surface area contributed by atoms with Crippen molar-refractivity contribution in [1.82, 2.24) is 10.3 Å². The standard InChI is InChI=1S/C20H23N5O3S/c1-12-23-17-6-4-13(10-18(17)29-12)24-20(27)25-16-7-5-14(28-2)11-15(16)19(26)22-9-3-8-21/h4-7,10-11H,3,8-9,21H2,1-2H3,(H,22,26)(H2,24,25,27). The Morgan fingerprint density at radius 3 is 2.76 bits per heavy atom. The molecule has 3 aromatic rings. The molecule has 152 valence electrons. The first-order chi connectivity index (χ1) is 14.0. The fraction of sp³-hybridized carbons (Fsp3) is 0.250. The molecule has 0 unspecified atom stereocenters. The first kappa shape index (κ1) is 20.6. The molecule has 1 heterocycles. The number of nitrogens with one attached hydrogen (secondary N) is 3. The number of rotatable bonds is 7. The van der Waals surface area contributed by atoms with Gasteiger partial charge in [0, 0.05) is 12.2 Å². The highest BCUT2D eigenvalue weighted by Crippen LogP contribution is 2.26. The van der Waals surface area contributed by atoms with Gasteiger partial charge in [-0.1, -0.05) is 0 Å². The zero-order valence-corrected chi connectivity index (χ0v) is 17.1. The van der Waals surface area contributed by atoms with Gasteiger partial charge in [-0.25, -0.2) is 9.78 Å². The number of urea groups is 1. The van der Waals surface area contributed by atoms with Crippen molar-refractivity contribution in [3.8, 4) is 5.75 Å². The van der Waals surface area contributed by atoms with Gasteiger partial charge in [-0.15, -0.1) is 11.3 Å². The highest BCUT2D eigenvalue weighted by Gasteiger charge is 2.15. The molecule has 3 amide bonds. The van der Waals surface area contributed by atoms with Crippen LogP contribution in [-0.2, 0) is 0 Å². The predicted molar refractivity (Wildman–Crippen MR) is 116 cm³/mol. The zero-order chi connectivity index (χ0) is 20.8. The lowest BCUT2D eigenvalue weighted by atomic mass is 10.1. The minimum atomic E-state index is -0.452.